The highest BCUT2D eigenvalue weighted by Crippen LogP contribution is 2.30. The first-order valence-electron chi connectivity index (χ1n) is 7.45. The molecule has 2 rings (SSSR count). The predicted molar refractivity (Wildman–Crippen MR) is 82.2 cm³/mol. The van der Waals surface area contributed by atoms with Crippen molar-refractivity contribution in [2.75, 3.05) is 26.2 Å². The quantitative estimate of drug-likeness (QED) is 0.821. The van der Waals surface area contributed by atoms with Crippen molar-refractivity contribution in [3.8, 4) is 0 Å². The number of carbonyl (C=O) groups is 1. The Hall–Kier alpha value is -1.10. The molecule has 1 aliphatic rings. The van der Waals surface area contributed by atoms with Crippen LogP contribution in [0, 0.1) is 5.92 Å². The highest BCUT2D eigenvalue weighted by molar-refractivity contribution is 6.31. The van der Waals surface area contributed by atoms with Gasteiger partial charge in [0, 0.05) is 17.1 Å². The van der Waals surface area contributed by atoms with Crippen molar-refractivity contribution in [3.63, 3.8) is 0 Å². The van der Waals surface area contributed by atoms with Crippen LogP contribution in [0.1, 0.15) is 31.4 Å². The number of hydrogen-bond acceptors (Lipinski definition) is 4. The van der Waals surface area contributed by atoms with Gasteiger partial charge in [0.05, 0.1) is 18.6 Å². The van der Waals surface area contributed by atoms with Crippen molar-refractivity contribution in [1.82, 2.24) is 4.90 Å². The minimum Gasteiger partial charge on any atom is -0.466 e. The summed E-state index contributed by atoms with van der Waals surface area (Å²) in [6.07, 6.45) is 1.33. The van der Waals surface area contributed by atoms with Gasteiger partial charge in [-0.1, -0.05) is 29.8 Å². The number of nitrogens with zero attached hydrogens (tertiary/aromatic N) is 1. The van der Waals surface area contributed by atoms with E-state index in [1.54, 1.807) is 25.1 Å². The molecule has 2 atom stereocenters. The largest absolute Gasteiger partial charge is 0.466 e. The van der Waals surface area contributed by atoms with Crippen LogP contribution in [0.15, 0.2) is 24.3 Å². The minimum atomic E-state index is -0.946. The number of likely N-dealkylation sites (tertiary alicyclic amines) is 1. The van der Waals surface area contributed by atoms with Gasteiger partial charge in [-0.05, 0) is 38.9 Å². The molecule has 0 unspecified atom stereocenters. The van der Waals surface area contributed by atoms with Crippen LogP contribution in [0.3, 0.4) is 0 Å². The van der Waals surface area contributed by atoms with Gasteiger partial charge < -0.3 is 14.7 Å². The molecule has 1 aliphatic heterocycles. The fraction of sp³-hybridized carbons (Fsp3) is 0.562. The van der Waals surface area contributed by atoms with E-state index in [9.17, 15) is 9.90 Å². The Labute approximate surface area is 130 Å². The number of halogens is 1. The number of esters is 1. The average Bonchev–Trinajstić information content (AvgIpc) is 2.98. The van der Waals surface area contributed by atoms with Gasteiger partial charge in [-0.25, -0.2) is 0 Å². The summed E-state index contributed by atoms with van der Waals surface area (Å²) in [7, 11) is 0. The Kier molecular flexibility index (Phi) is 6.03. The number of rotatable bonds is 6. The first kappa shape index (κ1) is 16.3. The van der Waals surface area contributed by atoms with E-state index in [0.717, 1.165) is 25.9 Å². The molecule has 1 aromatic carbocycles. The van der Waals surface area contributed by atoms with Gasteiger partial charge in [0.1, 0.15) is 0 Å². The topological polar surface area (TPSA) is 49.8 Å². The Morgan fingerprint density at radius 1 is 1.38 bits per heavy atom. The van der Waals surface area contributed by atoms with E-state index in [1.165, 1.54) is 0 Å². The van der Waals surface area contributed by atoms with Crippen LogP contribution in [0.5, 0.6) is 0 Å². The molecule has 1 heterocycles. The van der Waals surface area contributed by atoms with Crippen molar-refractivity contribution in [2.24, 2.45) is 5.92 Å². The lowest BCUT2D eigenvalue weighted by Crippen LogP contribution is -2.36. The molecular formula is C16H22ClNO3. The normalized spacial score (nSPS) is 18.4. The van der Waals surface area contributed by atoms with Crippen molar-refractivity contribution < 1.29 is 14.6 Å². The molecule has 1 N–H and O–H groups in total. The predicted octanol–water partition coefficient (Wildman–Crippen LogP) is 2.65. The Balaban J connectivity index is 2.16. The molecule has 0 bridgehead atoms. The molecule has 0 spiro atoms. The molecule has 4 nitrogen and oxygen atoms in total. The summed E-state index contributed by atoms with van der Waals surface area (Å²) >= 11 is 6.14. The highest BCUT2D eigenvalue weighted by atomic mass is 35.5. The first-order chi connectivity index (χ1) is 10.1. The number of aliphatic hydroxyl groups is 1. The summed E-state index contributed by atoms with van der Waals surface area (Å²) in [5.41, 5.74) is 0.580. The molecule has 0 amide bonds. The molecule has 5 heteroatoms. The molecule has 21 heavy (non-hydrogen) atoms. The summed E-state index contributed by atoms with van der Waals surface area (Å²) in [5.74, 6) is -0.972. The third-order valence-corrected chi connectivity index (χ3v) is 4.19. The summed E-state index contributed by atoms with van der Waals surface area (Å²) < 4.78 is 5.13. The second kappa shape index (κ2) is 7.78. The standard InChI is InChI=1S/C16H22ClNO3/c1-2-21-16(20)13(11-18-9-5-6-10-18)15(19)12-7-3-4-8-14(12)17/h3-4,7-8,13,15,19H,2,5-6,9-11H2,1H3/t13-,15+/m1/s1. The highest BCUT2D eigenvalue weighted by Gasteiger charge is 2.32. The number of ether oxygens (including phenoxy) is 1. The molecule has 1 saturated heterocycles. The first-order valence-corrected chi connectivity index (χ1v) is 7.82. The smallest absolute Gasteiger partial charge is 0.313 e. The van der Waals surface area contributed by atoms with Crippen LogP contribution in [0.25, 0.3) is 0 Å². The van der Waals surface area contributed by atoms with E-state index in [1.807, 2.05) is 6.07 Å². The van der Waals surface area contributed by atoms with Crippen molar-refractivity contribution in [3.05, 3.63) is 34.9 Å². The number of carbonyl (C=O) groups excluding carboxylic acids is 1. The second-order valence-corrected chi connectivity index (χ2v) is 5.74. The van der Waals surface area contributed by atoms with Gasteiger partial charge in [-0.2, -0.15) is 0 Å². The summed E-state index contributed by atoms with van der Waals surface area (Å²) in [4.78, 5) is 14.4. The molecule has 0 radical (unpaired) electrons. The number of aliphatic hydroxyl groups excluding tert-OH is 1. The van der Waals surface area contributed by atoms with Gasteiger partial charge in [0.15, 0.2) is 0 Å². The van der Waals surface area contributed by atoms with Gasteiger partial charge in [0.25, 0.3) is 0 Å². The Bertz CT molecular complexity index is 474. The molecule has 0 aromatic heterocycles. The Morgan fingerprint density at radius 2 is 2.05 bits per heavy atom. The van der Waals surface area contributed by atoms with Crippen LogP contribution in [-0.4, -0.2) is 42.2 Å². The van der Waals surface area contributed by atoms with Gasteiger partial charge in [-0.15, -0.1) is 0 Å². The molecular weight excluding hydrogens is 290 g/mol. The lowest BCUT2D eigenvalue weighted by molar-refractivity contribution is -0.153. The van der Waals surface area contributed by atoms with Gasteiger partial charge in [0.2, 0.25) is 0 Å². The zero-order valence-electron chi connectivity index (χ0n) is 12.3. The zero-order chi connectivity index (χ0) is 15.2. The fourth-order valence-corrected chi connectivity index (χ4v) is 2.98. The number of hydrogen-bond donors (Lipinski definition) is 1. The molecule has 0 aliphatic carbocycles. The molecule has 1 aromatic rings. The maximum Gasteiger partial charge on any atom is 0.313 e. The van der Waals surface area contributed by atoms with Crippen molar-refractivity contribution in [2.45, 2.75) is 25.9 Å². The zero-order valence-corrected chi connectivity index (χ0v) is 13.1. The lowest BCUT2D eigenvalue weighted by Gasteiger charge is -2.26. The van der Waals surface area contributed by atoms with Crippen LogP contribution in [0.2, 0.25) is 5.02 Å². The monoisotopic (exact) mass is 311 g/mol. The maximum absolute atomic E-state index is 12.2. The van der Waals surface area contributed by atoms with E-state index in [-0.39, 0.29) is 5.97 Å². The molecule has 0 saturated carbocycles. The van der Waals surface area contributed by atoms with E-state index in [2.05, 4.69) is 4.90 Å². The van der Waals surface area contributed by atoms with Crippen LogP contribution < -0.4 is 0 Å². The number of benzene rings is 1. The summed E-state index contributed by atoms with van der Waals surface area (Å²) in [5, 5.41) is 11.1. The van der Waals surface area contributed by atoms with Gasteiger partial charge in [-0.3, -0.25) is 4.79 Å². The van der Waals surface area contributed by atoms with Crippen LogP contribution in [0.4, 0.5) is 0 Å². The maximum atomic E-state index is 12.2. The van der Waals surface area contributed by atoms with Crippen molar-refractivity contribution >= 4 is 17.6 Å². The average molecular weight is 312 g/mol. The fourth-order valence-electron chi connectivity index (χ4n) is 2.73. The summed E-state index contributed by atoms with van der Waals surface area (Å²) in [6, 6.07) is 7.09. The molecule has 1 fully saturated rings. The minimum absolute atomic E-state index is 0.310. The van der Waals surface area contributed by atoms with Crippen molar-refractivity contribution in [1.29, 1.82) is 0 Å². The summed E-state index contributed by atoms with van der Waals surface area (Å²) in [6.45, 7) is 4.51. The lowest BCUT2D eigenvalue weighted by atomic mass is 9.95. The second-order valence-electron chi connectivity index (χ2n) is 5.33. The third-order valence-electron chi connectivity index (χ3n) is 3.85. The van der Waals surface area contributed by atoms with Crippen LogP contribution >= 0.6 is 11.6 Å². The van der Waals surface area contributed by atoms with E-state index in [0.29, 0.717) is 23.7 Å². The van der Waals surface area contributed by atoms with E-state index < -0.39 is 12.0 Å². The SMILES string of the molecule is CCOC(=O)[C@H](CN1CCCC1)[C@@H](O)c1ccccc1Cl. The third kappa shape index (κ3) is 4.19. The van der Waals surface area contributed by atoms with E-state index in [4.69, 9.17) is 16.3 Å². The van der Waals surface area contributed by atoms with E-state index >= 15 is 0 Å². The Morgan fingerprint density at radius 3 is 2.67 bits per heavy atom. The molecule has 116 valence electrons. The van der Waals surface area contributed by atoms with Gasteiger partial charge >= 0.3 is 5.97 Å². The van der Waals surface area contributed by atoms with Crippen LogP contribution in [-0.2, 0) is 9.53 Å².